The van der Waals surface area contributed by atoms with Crippen molar-refractivity contribution in [3.63, 3.8) is 0 Å². The molecule has 1 aromatic rings. The molecule has 2 fully saturated rings. The maximum absolute atomic E-state index is 9.33. The van der Waals surface area contributed by atoms with Crippen LogP contribution in [0.2, 0.25) is 0 Å². The Morgan fingerprint density at radius 1 is 1.09 bits per heavy atom. The van der Waals surface area contributed by atoms with E-state index in [2.05, 4.69) is 53.6 Å². The van der Waals surface area contributed by atoms with Crippen molar-refractivity contribution in [2.75, 3.05) is 44.3 Å². The number of aliphatic hydroxyl groups excluding tert-OH is 1. The molecule has 1 saturated carbocycles. The minimum Gasteiger partial charge on any atom is -0.396 e. The molecule has 0 aromatic heterocycles. The van der Waals surface area contributed by atoms with Crippen LogP contribution in [0.3, 0.4) is 0 Å². The van der Waals surface area contributed by atoms with E-state index in [0.29, 0.717) is 25.2 Å². The lowest BCUT2D eigenvalue weighted by Gasteiger charge is -2.32. The highest BCUT2D eigenvalue weighted by atomic mass is 127. The third-order valence-corrected chi connectivity index (χ3v) is 6.97. The number of piperidine rings is 1. The maximum atomic E-state index is 9.33. The topological polar surface area (TPSA) is 69.1 Å². The number of nitrogens with one attached hydrogen (secondary N) is 2. The Bertz CT molecular complexity index is 671. The summed E-state index contributed by atoms with van der Waals surface area (Å²) in [6, 6.07) is 8.79. The molecule has 1 unspecified atom stereocenters. The second-order valence-corrected chi connectivity index (χ2v) is 9.23. The van der Waals surface area contributed by atoms with Gasteiger partial charge in [-0.2, -0.15) is 0 Å². The fourth-order valence-corrected chi connectivity index (χ4v) is 5.03. The van der Waals surface area contributed by atoms with Crippen molar-refractivity contribution in [1.29, 1.82) is 0 Å². The maximum Gasteiger partial charge on any atom is 0.191 e. The first-order valence-corrected chi connectivity index (χ1v) is 12.8. The van der Waals surface area contributed by atoms with E-state index in [1.165, 1.54) is 36.9 Å². The molecule has 188 valence electrons. The zero-order valence-corrected chi connectivity index (χ0v) is 22.9. The van der Waals surface area contributed by atoms with Crippen LogP contribution in [-0.4, -0.2) is 56.6 Å². The van der Waals surface area contributed by atoms with Gasteiger partial charge in [0, 0.05) is 45.1 Å². The van der Waals surface area contributed by atoms with Gasteiger partial charge in [0.05, 0.1) is 12.6 Å². The Balaban J connectivity index is 0.00000385. The lowest BCUT2D eigenvalue weighted by molar-refractivity contribution is 0.0169. The van der Waals surface area contributed by atoms with Gasteiger partial charge < -0.3 is 25.4 Å². The van der Waals surface area contributed by atoms with Crippen LogP contribution in [0.25, 0.3) is 0 Å². The Kier molecular flexibility index (Phi) is 13.5. The Morgan fingerprint density at radius 2 is 1.79 bits per heavy atom. The summed E-state index contributed by atoms with van der Waals surface area (Å²) in [5, 5.41) is 16.2. The van der Waals surface area contributed by atoms with E-state index in [1.54, 1.807) is 0 Å². The summed E-state index contributed by atoms with van der Waals surface area (Å²) in [5.74, 6) is 2.08. The molecule has 6 nitrogen and oxygen atoms in total. The van der Waals surface area contributed by atoms with E-state index in [4.69, 9.17) is 9.73 Å². The van der Waals surface area contributed by atoms with Crippen LogP contribution in [0.15, 0.2) is 29.3 Å². The molecule has 7 heteroatoms. The van der Waals surface area contributed by atoms with Crippen molar-refractivity contribution < 1.29 is 9.84 Å². The fraction of sp³-hybridized carbons (Fsp3) is 0.731. The summed E-state index contributed by atoms with van der Waals surface area (Å²) in [6.45, 7) is 9.78. The first kappa shape index (κ1) is 28.2. The molecule has 1 heterocycles. The number of benzene rings is 1. The molecule has 0 bridgehead atoms. The van der Waals surface area contributed by atoms with Crippen LogP contribution < -0.4 is 15.5 Å². The molecule has 1 saturated heterocycles. The number of hydrogen-bond donors (Lipinski definition) is 3. The minimum atomic E-state index is 0. The van der Waals surface area contributed by atoms with E-state index >= 15 is 0 Å². The number of nitrogens with zero attached hydrogens (tertiary/aromatic N) is 2. The molecule has 3 rings (SSSR count). The van der Waals surface area contributed by atoms with Crippen LogP contribution in [0.1, 0.15) is 64.4 Å². The van der Waals surface area contributed by atoms with Crippen molar-refractivity contribution >= 4 is 35.6 Å². The van der Waals surface area contributed by atoms with Crippen LogP contribution >= 0.6 is 24.0 Å². The predicted molar refractivity (Wildman–Crippen MR) is 149 cm³/mol. The van der Waals surface area contributed by atoms with E-state index in [1.807, 2.05) is 0 Å². The van der Waals surface area contributed by atoms with Gasteiger partial charge in [0.2, 0.25) is 0 Å². The number of aliphatic imine (C=N–C) groups is 1. The second kappa shape index (κ2) is 15.8. The second-order valence-electron chi connectivity index (χ2n) is 9.23. The first-order chi connectivity index (χ1) is 15.7. The van der Waals surface area contributed by atoms with E-state index < -0.39 is 0 Å². The fourth-order valence-electron chi connectivity index (χ4n) is 5.03. The van der Waals surface area contributed by atoms with Crippen LogP contribution in [0.4, 0.5) is 5.69 Å². The highest BCUT2D eigenvalue weighted by Crippen LogP contribution is 2.30. The van der Waals surface area contributed by atoms with Crippen molar-refractivity contribution in [1.82, 2.24) is 10.6 Å². The van der Waals surface area contributed by atoms with E-state index in [0.717, 1.165) is 63.9 Å². The van der Waals surface area contributed by atoms with Gasteiger partial charge in [-0.15, -0.1) is 24.0 Å². The molecule has 0 spiro atoms. The SMILES string of the molecule is CCNC(=NCc1ccc(N2CCC(CO)CC2)cc1)NCCC(OCC)C1CCCC1.I. The summed E-state index contributed by atoms with van der Waals surface area (Å²) in [5.41, 5.74) is 2.49. The van der Waals surface area contributed by atoms with Crippen LogP contribution in [-0.2, 0) is 11.3 Å². The molecule has 2 aliphatic rings. The third-order valence-electron chi connectivity index (χ3n) is 6.97. The van der Waals surface area contributed by atoms with Gasteiger partial charge in [-0.3, -0.25) is 0 Å². The van der Waals surface area contributed by atoms with Crippen LogP contribution in [0.5, 0.6) is 0 Å². The van der Waals surface area contributed by atoms with Crippen molar-refractivity contribution in [2.45, 2.75) is 71.4 Å². The summed E-state index contributed by atoms with van der Waals surface area (Å²) < 4.78 is 6.05. The largest absolute Gasteiger partial charge is 0.396 e. The lowest BCUT2D eigenvalue weighted by Crippen LogP contribution is -2.39. The number of ether oxygens (including phenoxy) is 1. The number of hydrogen-bond acceptors (Lipinski definition) is 4. The molecule has 3 N–H and O–H groups in total. The zero-order chi connectivity index (χ0) is 22.6. The molecular weight excluding hydrogens is 527 g/mol. The van der Waals surface area contributed by atoms with Gasteiger partial charge >= 0.3 is 0 Å². The van der Waals surface area contributed by atoms with Crippen molar-refractivity contribution in [3.05, 3.63) is 29.8 Å². The highest BCUT2D eigenvalue weighted by Gasteiger charge is 2.25. The summed E-state index contributed by atoms with van der Waals surface area (Å²) in [7, 11) is 0. The molecule has 0 amide bonds. The first-order valence-electron chi connectivity index (χ1n) is 12.8. The van der Waals surface area contributed by atoms with Gasteiger partial charge in [-0.25, -0.2) is 4.99 Å². The Morgan fingerprint density at radius 3 is 2.39 bits per heavy atom. The number of aliphatic hydroxyl groups is 1. The van der Waals surface area contributed by atoms with Gasteiger partial charge in [0.15, 0.2) is 5.96 Å². The standard InChI is InChI=1S/C26H44N4O2.HI/c1-3-27-26(28-16-13-25(32-4-2)23-7-5-6-8-23)29-19-21-9-11-24(12-10-21)30-17-14-22(20-31)15-18-30;/h9-12,22-23,25,31H,3-8,13-20H2,1-2H3,(H2,27,28,29);1H. The molecule has 0 radical (unpaired) electrons. The number of halogens is 1. The summed E-state index contributed by atoms with van der Waals surface area (Å²) in [6.07, 6.45) is 8.88. The number of guanidine groups is 1. The van der Waals surface area contributed by atoms with Crippen LogP contribution in [0, 0.1) is 11.8 Å². The zero-order valence-electron chi connectivity index (χ0n) is 20.6. The average Bonchev–Trinajstić information content (AvgIpc) is 3.37. The monoisotopic (exact) mass is 572 g/mol. The molecule has 1 aromatic carbocycles. The normalized spacial score (nSPS) is 18.8. The van der Waals surface area contributed by atoms with E-state index in [9.17, 15) is 5.11 Å². The molecule has 33 heavy (non-hydrogen) atoms. The molecular formula is C26H45IN4O2. The smallest absolute Gasteiger partial charge is 0.191 e. The summed E-state index contributed by atoms with van der Waals surface area (Å²) in [4.78, 5) is 7.22. The highest BCUT2D eigenvalue weighted by molar-refractivity contribution is 14.0. The molecule has 1 atom stereocenters. The number of anilines is 1. The molecule has 1 aliphatic heterocycles. The quantitative estimate of drug-likeness (QED) is 0.206. The predicted octanol–water partition coefficient (Wildman–Crippen LogP) is 4.55. The average molecular weight is 573 g/mol. The van der Waals surface area contributed by atoms with Gasteiger partial charge in [0.25, 0.3) is 0 Å². The Hall–Kier alpha value is -1.06. The van der Waals surface area contributed by atoms with Gasteiger partial charge in [0.1, 0.15) is 0 Å². The Labute approximate surface area is 218 Å². The van der Waals surface area contributed by atoms with Gasteiger partial charge in [-0.05, 0) is 75.5 Å². The lowest BCUT2D eigenvalue weighted by atomic mass is 9.97. The van der Waals surface area contributed by atoms with Gasteiger partial charge in [-0.1, -0.05) is 25.0 Å². The number of rotatable bonds is 11. The van der Waals surface area contributed by atoms with E-state index in [-0.39, 0.29) is 24.0 Å². The third kappa shape index (κ3) is 9.25. The van der Waals surface area contributed by atoms with Crippen molar-refractivity contribution in [3.8, 4) is 0 Å². The summed E-state index contributed by atoms with van der Waals surface area (Å²) >= 11 is 0. The minimum absolute atomic E-state index is 0. The van der Waals surface area contributed by atoms with Crippen molar-refractivity contribution in [2.24, 2.45) is 16.8 Å². The molecule has 1 aliphatic carbocycles.